The van der Waals surface area contributed by atoms with Crippen LogP contribution in [0.5, 0.6) is 5.75 Å². The summed E-state index contributed by atoms with van der Waals surface area (Å²) in [5.41, 5.74) is 1.11. The maximum atomic E-state index is 14.6. The van der Waals surface area contributed by atoms with Gasteiger partial charge in [-0.15, -0.1) is 0 Å². The van der Waals surface area contributed by atoms with Crippen molar-refractivity contribution in [1.29, 1.82) is 0 Å². The summed E-state index contributed by atoms with van der Waals surface area (Å²) in [6, 6.07) is 15.9. The van der Waals surface area contributed by atoms with Gasteiger partial charge in [-0.1, -0.05) is 30.3 Å². The van der Waals surface area contributed by atoms with Gasteiger partial charge in [0.1, 0.15) is 11.8 Å². The van der Waals surface area contributed by atoms with Crippen molar-refractivity contribution < 1.29 is 19.1 Å². The first-order valence-electron chi connectivity index (χ1n) is 13.9. The number of carbonyl (C=O) groups is 3. The molecule has 6 heteroatoms. The summed E-state index contributed by atoms with van der Waals surface area (Å²) < 4.78 is 5.52. The molecule has 2 aromatic carbocycles. The number of imide groups is 1. The Kier molecular flexibility index (Phi) is 6.09. The van der Waals surface area contributed by atoms with Crippen LogP contribution in [0.15, 0.2) is 54.6 Å². The average molecular weight is 501 g/mol. The molecular weight excluding hydrogens is 464 g/mol. The van der Waals surface area contributed by atoms with Crippen LogP contribution in [-0.2, 0) is 14.4 Å². The normalized spacial score (nSPS) is 31.0. The van der Waals surface area contributed by atoms with Crippen molar-refractivity contribution in [3.8, 4) is 5.75 Å². The molecule has 2 atom stereocenters. The number of rotatable bonds is 7. The zero-order valence-electron chi connectivity index (χ0n) is 21.8. The highest BCUT2D eigenvalue weighted by Gasteiger charge is 2.58. The first kappa shape index (κ1) is 24.2. The molecule has 4 saturated carbocycles. The summed E-state index contributed by atoms with van der Waals surface area (Å²) in [6.45, 7) is 4.46. The average Bonchev–Trinajstić information content (AvgIpc) is 3.17. The minimum atomic E-state index is -0.797. The van der Waals surface area contributed by atoms with E-state index in [0.717, 1.165) is 24.8 Å². The molecule has 5 aliphatic rings. The van der Waals surface area contributed by atoms with Crippen LogP contribution in [-0.4, -0.2) is 35.3 Å². The van der Waals surface area contributed by atoms with E-state index in [0.29, 0.717) is 35.8 Å². The molecule has 0 N–H and O–H groups in total. The van der Waals surface area contributed by atoms with Gasteiger partial charge in [-0.2, -0.15) is 0 Å². The summed E-state index contributed by atoms with van der Waals surface area (Å²) in [5.74, 6) is 2.06. The van der Waals surface area contributed by atoms with Gasteiger partial charge in [-0.05, 0) is 100.0 Å². The molecule has 2 unspecified atom stereocenters. The second kappa shape index (κ2) is 9.30. The van der Waals surface area contributed by atoms with Gasteiger partial charge in [-0.25, -0.2) is 4.90 Å². The van der Waals surface area contributed by atoms with Gasteiger partial charge in [0.2, 0.25) is 11.8 Å². The Labute approximate surface area is 219 Å². The largest absolute Gasteiger partial charge is 0.494 e. The van der Waals surface area contributed by atoms with Gasteiger partial charge in [0, 0.05) is 0 Å². The molecule has 0 aromatic heterocycles. The highest BCUT2D eigenvalue weighted by atomic mass is 16.5. The number of nitrogens with zero attached hydrogens (tertiary/aromatic N) is 2. The van der Waals surface area contributed by atoms with E-state index in [9.17, 15) is 14.4 Å². The Hall–Kier alpha value is -3.15. The van der Waals surface area contributed by atoms with Gasteiger partial charge in [0.15, 0.2) is 0 Å². The molecular formula is C31H36N2O4. The lowest BCUT2D eigenvalue weighted by Gasteiger charge is -2.57. The number of benzene rings is 2. The maximum absolute atomic E-state index is 14.6. The maximum Gasteiger partial charge on any atom is 0.257 e. The molecule has 194 valence electrons. The third-order valence-electron chi connectivity index (χ3n) is 9.29. The van der Waals surface area contributed by atoms with E-state index in [1.807, 2.05) is 44.2 Å². The summed E-state index contributed by atoms with van der Waals surface area (Å²) in [4.78, 5) is 44.9. The van der Waals surface area contributed by atoms with Crippen molar-refractivity contribution in [1.82, 2.24) is 4.90 Å². The van der Waals surface area contributed by atoms with Crippen LogP contribution in [0.2, 0.25) is 0 Å². The van der Waals surface area contributed by atoms with E-state index in [1.165, 1.54) is 24.2 Å². The highest BCUT2D eigenvalue weighted by molar-refractivity contribution is 6.23. The summed E-state index contributed by atoms with van der Waals surface area (Å²) in [6.07, 6.45) is 6.52. The standard InChI is InChI=1S/C31H36N2O4/c1-3-37-26-11-9-25(10-12-26)33-28(34)16-27(29(33)35)32(20(2)24-7-5-4-6-8-24)30(36)31-17-21-13-22(18-31)15-23(14-21)19-31/h4-12,20-23,27H,3,13-19H2,1-2H3. The van der Waals surface area contributed by atoms with Crippen LogP contribution in [0.3, 0.4) is 0 Å². The Morgan fingerprint density at radius 2 is 1.57 bits per heavy atom. The molecule has 1 heterocycles. The second-order valence-corrected chi connectivity index (χ2v) is 11.7. The van der Waals surface area contributed by atoms with Crippen LogP contribution in [0.1, 0.15) is 70.4 Å². The number of ether oxygens (including phenoxy) is 1. The van der Waals surface area contributed by atoms with Gasteiger partial charge >= 0.3 is 0 Å². The van der Waals surface area contributed by atoms with Crippen LogP contribution in [0, 0.1) is 23.2 Å². The SMILES string of the molecule is CCOc1ccc(N2C(=O)CC(N(C(=O)C34CC5CC(CC(C5)C3)C4)C(C)c3ccccc3)C2=O)cc1. The lowest BCUT2D eigenvalue weighted by Crippen LogP contribution is -2.58. The second-order valence-electron chi connectivity index (χ2n) is 11.7. The van der Waals surface area contributed by atoms with Crippen molar-refractivity contribution in [2.24, 2.45) is 23.2 Å². The monoisotopic (exact) mass is 500 g/mol. The van der Waals surface area contributed by atoms with E-state index in [-0.39, 0.29) is 30.2 Å². The van der Waals surface area contributed by atoms with Crippen molar-refractivity contribution in [2.75, 3.05) is 11.5 Å². The zero-order valence-corrected chi connectivity index (χ0v) is 21.8. The minimum Gasteiger partial charge on any atom is -0.494 e. The third-order valence-corrected chi connectivity index (χ3v) is 9.29. The molecule has 1 saturated heterocycles. The number of hydrogen-bond donors (Lipinski definition) is 0. The lowest BCUT2D eigenvalue weighted by molar-refractivity contribution is -0.164. The van der Waals surface area contributed by atoms with Gasteiger partial charge in [-0.3, -0.25) is 14.4 Å². The topological polar surface area (TPSA) is 66.9 Å². The molecule has 0 spiro atoms. The van der Waals surface area contributed by atoms with E-state index < -0.39 is 11.5 Å². The summed E-state index contributed by atoms with van der Waals surface area (Å²) >= 11 is 0. The van der Waals surface area contributed by atoms with Gasteiger partial charge in [0.05, 0.1) is 30.2 Å². The number of anilines is 1. The summed E-state index contributed by atoms with van der Waals surface area (Å²) in [7, 11) is 0. The molecule has 7 rings (SSSR count). The third kappa shape index (κ3) is 4.14. The predicted molar refractivity (Wildman–Crippen MR) is 141 cm³/mol. The van der Waals surface area contributed by atoms with Crippen molar-refractivity contribution in [3.05, 3.63) is 60.2 Å². The highest BCUT2D eigenvalue weighted by Crippen LogP contribution is 2.61. The fourth-order valence-electron chi connectivity index (χ4n) is 8.09. The van der Waals surface area contributed by atoms with Gasteiger partial charge in [0.25, 0.3) is 5.91 Å². The number of amides is 3. The molecule has 3 amide bonds. The fourth-order valence-corrected chi connectivity index (χ4v) is 8.09. The van der Waals surface area contributed by atoms with E-state index in [4.69, 9.17) is 4.74 Å². The van der Waals surface area contributed by atoms with Gasteiger partial charge < -0.3 is 9.64 Å². The Balaban J connectivity index is 1.34. The Morgan fingerprint density at radius 3 is 2.14 bits per heavy atom. The first-order valence-corrected chi connectivity index (χ1v) is 13.9. The van der Waals surface area contributed by atoms with E-state index in [1.54, 1.807) is 29.2 Å². The lowest BCUT2D eigenvalue weighted by atomic mass is 9.49. The smallest absolute Gasteiger partial charge is 0.257 e. The molecule has 4 aliphatic carbocycles. The zero-order chi connectivity index (χ0) is 25.7. The molecule has 2 aromatic rings. The van der Waals surface area contributed by atoms with E-state index >= 15 is 0 Å². The Bertz CT molecular complexity index is 1160. The number of carbonyl (C=O) groups excluding carboxylic acids is 3. The van der Waals surface area contributed by atoms with Crippen molar-refractivity contribution in [3.63, 3.8) is 0 Å². The van der Waals surface area contributed by atoms with Crippen LogP contribution in [0.25, 0.3) is 0 Å². The van der Waals surface area contributed by atoms with Crippen molar-refractivity contribution in [2.45, 2.75) is 70.9 Å². The van der Waals surface area contributed by atoms with E-state index in [2.05, 4.69) is 0 Å². The van der Waals surface area contributed by atoms with Crippen LogP contribution in [0.4, 0.5) is 5.69 Å². The predicted octanol–water partition coefficient (Wildman–Crippen LogP) is 5.52. The molecule has 37 heavy (non-hydrogen) atoms. The van der Waals surface area contributed by atoms with Crippen LogP contribution >= 0.6 is 0 Å². The number of hydrogen-bond acceptors (Lipinski definition) is 4. The minimum absolute atomic E-state index is 0.0152. The Morgan fingerprint density at radius 1 is 0.973 bits per heavy atom. The molecule has 0 radical (unpaired) electrons. The first-order chi connectivity index (χ1) is 17.9. The quantitative estimate of drug-likeness (QED) is 0.469. The summed E-state index contributed by atoms with van der Waals surface area (Å²) in [5, 5.41) is 0. The fraction of sp³-hybridized carbons (Fsp3) is 0.516. The molecule has 1 aliphatic heterocycles. The molecule has 4 bridgehead atoms. The molecule has 5 fully saturated rings. The van der Waals surface area contributed by atoms with Crippen LogP contribution < -0.4 is 9.64 Å². The molecule has 6 nitrogen and oxygen atoms in total. The van der Waals surface area contributed by atoms with Crippen molar-refractivity contribution >= 4 is 23.4 Å².